The van der Waals surface area contributed by atoms with Crippen LogP contribution in [0.1, 0.15) is 219 Å². The molecule has 0 fully saturated rings. The van der Waals surface area contributed by atoms with Gasteiger partial charge in [0.25, 0.3) is 0 Å². The average Bonchev–Trinajstić information content (AvgIpc) is 3.32. The average molecular weight is 911 g/mol. The standard InChI is InChI=1S/C61H98O5/c1-3-5-7-9-11-13-15-16-17-18-19-20-21-22-23-24-25-26-27-28-29-30-31-32-33-34-35-36-37-38-39-40-41-42-43-44-46-48-50-52-54-56-61(64)66-59(57-62)58-65-60(63)55-53-51-49-47-45-14-12-10-8-6-4-2/h5,7,11,13,16-17,19-20,22-23,25-26,28-29,31-32,34-35,37-38,40-41,59,62H,3-4,6,8-10,12,14-15,18,21,24,27,30,33,36,39,42-58H2,1-2H3/b7-5-,13-11-,17-16-,20-19-,23-22-,26-25-,29-28-,32-31-,35-34-,38-37-,41-40-. The van der Waals surface area contributed by atoms with Gasteiger partial charge in [-0.25, -0.2) is 0 Å². The fourth-order valence-corrected chi connectivity index (χ4v) is 6.97. The van der Waals surface area contributed by atoms with Gasteiger partial charge in [0.15, 0.2) is 6.10 Å². The van der Waals surface area contributed by atoms with Gasteiger partial charge < -0.3 is 14.6 Å². The zero-order valence-electron chi connectivity index (χ0n) is 42.4. The molecule has 0 aromatic heterocycles. The predicted molar refractivity (Wildman–Crippen MR) is 288 cm³/mol. The lowest BCUT2D eigenvalue weighted by atomic mass is 10.1. The van der Waals surface area contributed by atoms with E-state index in [9.17, 15) is 14.7 Å². The van der Waals surface area contributed by atoms with Gasteiger partial charge in [-0.05, 0) is 96.3 Å². The maximum Gasteiger partial charge on any atom is 0.306 e. The Labute approximate surface area is 406 Å². The Hall–Kier alpha value is -3.96. The van der Waals surface area contributed by atoms with E-state index in [0.717, 1.165) is 116 Å². The van der Waals surface area contributed by atoms with E-state index in [1.165, 1.54) is 77.0 Å². The molecule has 0 amide bonds. The highest BCUT2D eigenvalue weighted by molar-refractivity contribution is 5.70. The molecule has 0 saturated carbocycles. The summed E-state index contributed by atoms with van der Waals surface area (Å²) < 4.78 is 10.6. The third-order valence-corrected chi connectivity index (χ3v) is 11.0. The van der Waals surface area contributed by atoms with E-state index in [1.807, 2.05) is 0 Å². The molecule has 5 nitrogen and oxygen atoms in total. The molecule has 0 aliphatic carbocycles. The van der Waals surface area contributed by atoms with Gasteiger partial charge in [-0.1, -0.05) is 244 Å². The molecule has 0 aromatic carbocycles. The summed E-state index contributed by atoms with van der Waals surface area (Å²) in [6.07, 6.45) is 82.7. The van der Waals surface area contributed by atoms with Crippen LogP contribution in [-0.2, 0) is 19.1 Å². The number of carbonyl (C=O) groups is 2. The van der Waals surface area contributed by atoms with Crippen LogP contribution < -0.4 is 0 Å². The summed E-state index contributed by atoms with van der Waals surface area (Å²) in [5.74, 6) is -0.610. The van der Waals surface area contributed by atoms with Crippen molar-refractivity contribution in [1.29, 1.82) is 0 Å². The Morgan fingerprint density at radius 2 is 0.652 bits per heavy atom. The van der Waals surface area contributed by atoms with E-state index in [0.29, 0.717) is 12.8 Å². The number of hydrogen-bond donors (Lipinski definition) is 1. The molecular formula is C61H98O5. The van der Waals surface area contributed by atoms with Crippen molar-refractivity contribution in [1.82, 2.24) is 0 Å². The Morgan fingerprint density at radius 1 is 0.364 bits per heavy atom. The molecule has 1 N–H and O–H groups in total. The van der Waals surface area contributed by atoms with Crippen molar-refractivity contribution in [2.24, 2.45) is 0 Å². The van der Waals surface area contributed by atoms with Gasteiger partial charge in [0.1, 0.15) is 6.61 Å². The molecule has 372 valence electrons. The van der Waals surface area contributed by atoms with Crippen LogP contribution in [0.3, 0.4) is 0 Å². The van der Waals surface area contributed by atoms with Crippen molar-refractivity contribution >= 4 is 11.9 Å². The van der Waals surface area contributed by atoms with Crippen molar-refractivity contribution in [2.75, 3.05) is 13.2 Å². The van der Waals surface area contributed by atoms with Crippen molar-refractivity contribution in [2.45, 2.75) is 225 Å². The second kappa shape index (κ2) is 55.4. The zero-order chi connectivity index (χ0) is 47.7. The maximum atomic E-state index is 12.2. The van der Waals surface area contributed by atoms with E-state index in [2.05, 4.69) is 148 Å². The van der Waals surface area contributed by atoms with E-state index < -0.39 is 6.10 Å². The molecule has 0 aliphatic heterocycles. The van der Waals surface area contributed by atoms with E-state index in [4.69, 9.17) is 9.47 Å². The third kappa shape index (κ3) is 52.7. The van der Waals surface area contributed by atoms with Gasteiger partial charge in [0, 0.05) is 12.8 Å². The number of ether oxygens (including phenoxy) is 2. The first-order valence-corrected chi connectivity index (χ1v) is 26.7. The molecule has 0 saturated heterocycles. The SMILES string of the molecule is CC/C=C\C/C=C\C/C=C\C/C=C\C/C=C\C/C=C\C/C=C\C/C=C\C/C=C\C/C=C\C/C=C\CCCCCCCCCC(=O)OC(CO)COC(=O)CCCCCCCCCCCCC. The fraction of sp³-hybridized carbons (Fsp3) is 0.607. The highest BCUT2D eigenvalue weighted by atomic mass is 16.6. The summed E-state index contributed by atoms with van der Waals surface area (Å²) in [5, 5.41) is 9.59. The summed E-state index contributed by atoms with van der Waals surface area (Å²) >= 11 is 0. The highest BCUT2D eigenvalue weighted by Gasteiger charge is 2.16. The van der Waals surface area contributed by atoms with Crippen LogP contribution in [0.5, 0.6) is 0 Å². The van der Waals surface area contributed by atoms with Crippen LogP contribution in [0.2, 0.25) is 0 Å². The number of carbonyl (C=O) groups excluding carboxylic acids is 2. The summed E-state index contributed by atoms with van der Waals surface area (Å²) in [5.41, 5.74) is 0. The van der Waals surface area contributed by atoms with Crippen molar-refractivity contribution in [3.05, 3.63) is 134 Å². The molecule has 66 heavy (non-hydrogen) atoms. The molecule has 1 atom stereocenters. The predicted octanol–water partition coefficient (Wildman–Crippen LogP) is 18.1. The minimum atomic E-state index is -0.783. The fourth-order valence-electron chi connectivity index (χ4n) is 6.97. The first-order valence-electron chi connectivity index (χ1n) is 26.7. The Kier molecular flexibility index (Phi) is 52.0. The van der Waals surface area contributed by atoms with Crippen LogP contribution in [0.15, 0.2) is 134 Å². The van der Waals surface area contributed by atoms with Gasteiger partial charge in [-0.2, -0.15) is 0 Å². The summed E-state index contributed by atoms with van der Waals surface area (Å²) in [7, 11) is 0. The Balaban J connectivity index is 3.63. The highest BCUT2D eigenvalue weighted by Crippen LogP contribution is 2.14. The summed E-state index contributed by atoms with van der Waals surface area (Å²) in [6, 6.07) is 0. The largest absolute Gasteiger partial charge is 0.462 e. The number of hydrogen-bond acceptors (Lipinski definition) is 5. The summed E-state index contributed by atoms with van der Waals surface area (Å²) in [6.45, 7) is 4.00. The molecular weight excluding hydrogens is 813 g/mol. The number of aliphatic hydroxyl groups excluding tert-OH is 1. The molecule has 0 rings (SSSR count). The summed E-state index contributed by atoms with van der Waals surface area (Å²) in [4.78, 5) is 24.3. The van der Waals surface area contributed by atoms with E-state index in [1.54, 1.807) is 0 Å². The second-order valence-corrected chi connectivity index (χ2v) is 17.2. The molecule has 0 spiro atoms. The first-order chi connectivity index (χ1) is 32.6. The van der Waals surface area contributed by atoms with E-state index in [-0.39, 0.29) is 25.2 Å². The van der Waals surface area contributed by atoms with Crippen molar-refractivity contribution < 1.29 is 24.2 Å². The lowest BCUT2D eigenvalue weighted by Crippen LogP contribution is -2.28. The Morgan fingerprint density at radius 3 is 0.985 bits per heavy atom. The number of esters is 2. The molecule has 1 unspecified atom stereocenters. The van der Waals surface area contributed by atoms with Crippen LogP contribution in [0.25, 0.3) is 0 Å². The van der Waals surface area contributed by atoms with Crippen LogP contribution in [0.4, 0.5) is 0 Å². The lowest BCUT2D eigenvalue weighted by Gasteiger charge is -2.15. The molecule has 0 aliphatic rings. The first kappa shape index (κ1) is 62.0. The van der Waals surface area contributed by atoms with Gasteiger partial charge in [-0.15, -0.1) is 0 Å². The van der Waals surface area contributed by atoms with E-state index >= 15 is 0 Å². The number of allylic oxidation sites excluding steroid dienone is 22. The van der Waals surface area contributed by atoms with Crippen LogP contribution in [0, 0.1) is 0 Å². The van der Waals surface area contributed by atoms with Crippen molar-refractivity contribution in [3.63, 3.8) is 0 Å². The number of unbranched alkanes of at least 4 members (excludes halogenated alkanes) is 17. The Bertz CT molecular complexity index is 1400. The molecule has 0 aromatic rings. The molecule has 5 heteroatoms. The van der Waals surface area contributed by atoms with Gasteiger partial charge >= 0.3 is 11.9 Å². The third-order valence-electron chi connectivity index (χ3n) is 11.0. The minimum Gasteiger partial charge on any atom is -0.462 e. The molecule has 0 radical (unpaired) electrons. The van der Waals surface area contributed by atoms with Crippen LogP contribution >= 0.6 is 0 Å². The topological polar surface area (TPSA) is 72.8 Å². The minimum absolute atomic E-state index is 0.0750. The molecule has 0 heterocycles. The van der Waals surface area contributed by atoms with Crippen molar-refractivity contribution in [3.8, 4) is 0 Å². The van der Waals surface area contributed by atoms with Gasteiger partial charge in [-0.3, -0.25) is 9.59 Å². The monoisotopic (exact) mass is 911 g/mol. The smallest absolute Gasteiger partial charge is 0.306 e. The second-order valence-electron chi connectivity index (χ2n) is 17.2. The zero-order valence-corrected chi connectivity index (χ0v) is 42.4. The van der Waals surface area contributed by atoms with Gasteiger partial charge in [0.05, 0.1) is 6.61 Å². The maximum absolute atomic E-state index is 12.2. The number of aliphatic hydroxyl groups is 1. The molecule has 0 bridgehead atoms. The number of rotatable bonds is 47. The normalized spacial score (nSPS) is 13.3. The quantitative estimate of drug-likeness (QED) is 0.0374. The van der Waals surface area contributed by atoms with Gasteiger partial charge in [0.2, 0.25) is 0 Å². The van der Waals surface area contributed by atoms with Crippen LogP contribution in [-0.4, -0.2) is 36.4 Å². The lowest BCUT2D eigenvalue weighted by molar-refractivity contribution is -0.161.